The molecule has 6 nitrogen and oxygen atoms in total. The van der Waals surface area contributed by atoms with Crippen molar-refractivity contribution < 1.29 is 4.42 Å². The lowest BCUT2D eigenvalue weighted by Gasteiger charge is -2.34. The van der Waals surface area contributed by atoms with Crippen LogP contribution in [-0.2, 0) is 17.7 Å². The molecule has 2 aromatic carbocycles. The van der Waals surface area contributed by atoms with Crippen LogP contribution in [0.5, 0.6) is 0 Å². The molecule has 0 aliphatic carbocycles. The van der Waals surface area contributed by atoms with Gasteiger partial charge in [0.1, 0.15) is 0 Å². The van der Waals surface area contributed by atoms with Crippen LogP contribution >= 0.6 is 11.8 Å². The van der Waals surface area contributed by atoms with Gasteiger partial charge in [-0.3, -0.25) is 4.57 Å². The Labute approximate surface area is 167 Å². The molecule has 0 amide bonds. The van der Waals surface area contributed by atoms with E-state index in [2.05, 4.69) is 57.0 Å². The highest BCUT2D eigenvalue weighted by atomic mass is 32.2. The summed E-state index contributed by atoms with van der Waals surface area (Å²) in [7, 11) is 0. The molecule has 0 fully saturated rings. The third-order valence-corrected chi connectivity index (χ3v) is 5.85. The molecule has 0 saturated heterocycles. The Morgan fingerprint density at radius 3 is 2.61 bits per heavy atom. The quantitative estimate of drug-likeness (QED) is 0.476. The van der Waals surface area contributed by atoms with Crippen molar-refractivity contribution in [3.05, 3.63) is 66.1 Å². The molecule has 0 N–H and O–H groups in total. The van der Waals surface area contributed by atoms with E-state index < -0.39 is 0 Å². The van der Waals surface area contributed by atoms with Gasteiger partial charge < -0.3 is 4.42 Å². The molecule has 0 saturated carbocycles. The zero-order valence-corrected chi connectivity index (χ0v) is 16.5. The summed E-state index contributed by atoms with van der Waals surface area (Å²) < 4.78 is 8.05. The van der Waals surface area contributed by atoms with Crippen molar-refractivity contribution in [1.29, 1.82) is 0 Å². The summed E-state index contributed by atoms with van der Waals surface area (Å²) in [6.45, 7) is 4.44. The fourth-order valence-electron chi connectivity index (χ4n) is 3.66. The maximum Gasteiger partial charge on any atom is 0.247 e. The van der Waals surface area contributed by atoms with Gasteiger partial charge >= 0.3 is 0 Å². The van der Waals surface area contributed by atoms with E-state index in [1.807, 2.05) is 36.4 Å². The Balaban J connectivity index is 1.41. The maximum atomic E-state index is 5.82. The monoisotopic (exact) mass is 389 g/mol. The molecular formula is C21H19N5OS. The van der Waals surface area contributed by atoms with E-state index in [1.165, 1.54) is 5.56 Å². The van der Waals surface area contributed by atoms with Crippen LogP contribution in [0.3, 0.4) is 0 Å². The van der Waals surface area contributed by atoms with Gasteiger partial charge in [-0.25, -0.2) is 0 Å². The zero-order valence-electron chi connectivity index (χ0n) is 15.7. The average Bonchev–Trinajstić information content (AvgIpc) is 3.35. The van der Waals surface area contributed by atoms with E-state index in [1.54, 1.807) is 11.8 Å². The Morgan fingerprint density at radius 1 is 0.964 bits per heavy atom. The summed E-state index contributed by atoms with van der Waals surface area (Å²) in [5, 5.41) is 18.2. The molecule has 1 aliphatic heterocycles. The summed E-state index contributed by atoms with van der Waals surface area (Å²) in [6.07, 6.45) is 0.945. The first kappa shape index (κ1) is 17.2. The van der Waals surface area contributed by atoms with Crippen molar-refractivity contribution in [2.24, 2.45) is 0 Å². The second-order valence-corrected chi connectivity index (χ2v) is 8.39. The minimum atomic E-state index is -0.0977. The molecule has 28 heavy (non-hydrogen) atoms. The molecule has 5 rings (SSSR count). The lowest BCUT2D eigenvalue weighted by Crippen LogP contribution is -2.33. The van der Waals surface area contributed by atoms with Gasteiger partial charge in [-0.2, -0.15) is 0 Å². The van der Waals surface area contributed by atoms with E-state index >= 15 is 0 Å². The molecule has 3 heterocycles. The molecule has 4 aromatic rings. The summed E-state index contributed by atoms with van der Waals surface area (Å²) in [5.41, 5.74) is 3.29. The highest BCUT2D eigenvalue weighted by molar-refractivity contribution is 7.98. The van der Waals surface area contributed by atoms with Crippen LogP contribution in [0.25, 0.3) is 22.8 Å². The van der Waals surface area contributed by atoms with Crippen LogP contribution < -0.4 is 0 Å². The first-order chi connectivity index (χ1) is 13.6. The second kappa shape index (κ2) is 6.60. The molecule has 0 bridgehead atoms. The van der Waals surface area contributed by atoms with Gasteiger partial charge in [-0.15, -0.1) is 20.4 Å². The van der Waals surface area contributed by atoms with Crippen molar-refractivity contribution in [3.8, 4) is 22.8 Å². The Hall–Kier alpha value is -2.93. The predicted octanol–water partition coefficient (Wildman–Crippen LogP) is 4.58. The van der Waals surface area contributed by atoms with Crippen LogP contribution in [0.4, 0.5) is 0 Å². The largest absolute Gasteiger partial charge is 0.420 e. The molecule has 7 heteroatoms. The third-order valence-electron chi connectivity index (χ3n) is 4.93. The fraction of sp³-hybridized carbons (Fsp3) is 0.238. The van der Waals surface area contributed by atoms with Crippen LogP contribution in [0.1, 0.15) is 25.3 Å². The van der Waals surface area contributed by atoms with Crippen molar-refractivity contribution in [3.63, 3.8) is 0 Å². The molecule has 2 aromatic heterocycles. The van der Waals surface area contributed by atoms with Crippen LogP contribution in [-0.4, -0.2) is 25.0 Å². The van der Waals surface area contributed by atoms with Gasteiger partial charge in [0.2, 0.25) is 11.8 Å². The summed E-state index contributed by atoms with van der Waals surface area (Å²) in [6, 6.07) is 18.2. The third kappa shape index (κ3) is 2.92. The first-order valence-electron chi connectivity index (χ1n) is 9.16. The minimum absolute atomic E-state index is 0.0977. The zero-order chi connectivity index (χ0) is 19.1. The van der Waals surface area contributed by atoms with Gasteiger partial charge in [0, 0.05) is 16.7 Å². The summed E-state index contributed by atoms with van der Waals surface area (Å²) in [4.78, 5) is 0. The van der Waals surface area contributed by atoms with Crippen LogP contribution in [0.15, 0.2) is 64.2 Å². The van der Waals surface area contributed by atoms with E-state index in [0.717, 1.165) is 28.5 Å². The lowest BCUT2D eigenvalue weighted by atomic mass is 9.87. The predicted molar refractivity (Wildman–Crippen MR) is 108 cm³/mol. The number of aromatic nitrogens is 5. The molecular weight excluding hydrogens is 370 g/mol. The van der Waals surface area contributed by atoms with Crippen molar-refractivity contribution >= 4 is 11.8 Å². The van der Waals surface area contributed by atoms with E-state index in [4.69, 9.17) is 4.42 Å². The summed E-state index contributed by atoms with van der Waals surface area (Å²) >= 11 is 1.57. The van der Waals surface area contributed by atoms with Gasteiger partial charge in [0.15, 0.2) is 11.0 Å². The highest BCUT2D eigenvalue weighted by Crippen LogP contribution is 2.40. The Bertz CT molecular complexity index is 1130. The van der Waals surface area contributed by atoms with Crippen molar-refractivity contribution in [2.45, 2.75) is 36.7 Å². The molecule has 140 valence electrons. The molecule has 0 spiro atoms. The van der Waals surface area contributed by atoms with Gasteiger partial charge in [0.25, 0.3) is 0 Å². The molecule has 0 atom stereocenters. The second-order valence-electron chi connectivity index (χ2n) is 7.44. The molecule has 1 aliphatic rings. The lowest BCUT2D eigenvalue weighted by molar-refractivity contribution is 0.323. The first-order valence-corrected chi connectivity index (χ1v) is 10.2. The average molecular weight is 389 g/mol. The smallest absolute Gasteiger partial charge is 0.247 e. The highest BCUT2D eigenvalue weighted by Gasteiger charge is 2.34. The number of hydrogen-bond donors (Lipinski definition) is 0. The Kier molecular flexibility index (Phi) is 4.05. The number of nitrogens with zero attached hydrogens (tertiary/aromatic N) is 5. The minimum Gasteiger partial charge on any atom is -0.420 e. The number of fused-ring (bicyclic) bond motifs is 3. The van der Waals surface area contributed by atoms with Gasteiger partial charge in [-0.1, -0.05) is 54.2 Å². The van der Waals surface area contributed by atoms with Gasteiger partial charge in [0.05, 0.1) is 5.75 Å². The van der Waals surface area contributed by atoms with Crippen molar-refractivity contribution in [1.82, 2.24) is 25.0 Å². The topological polar surface area (TPSA) is 69.6 Å². The standard InChI is InChI=1S/C21H19N5OS/c1-21(2)12-15-10-6-7-11-16(15)18-23-25-20(26(18)21)28-13-17-22-24-19(27-17)14-8-4-3-5-9-14/h3-11H,12-13H2,1-2H3. The molecule has 0 unspecified atom stereocenters. The molecule has 0 radical (unpaired) electrons. The Morgan fingerprint density at radius 2 is 1.75 bits per heavy atom. The number of hydrogen-bond acceptors (Lipinski definition) is 6. The maximum absolute atomic E-state index is 5.82. The number of thioether (sulfide) groups is 1. The van der Waals surface area contributed by atoms with Crippen molar-refractivity contribution in [2.75, 3.05) is 0 Å². The number of rotatable bonds is 4. The van der Waals surface area contributed by atoms with Gasteiger partial charge in [-0.05, 0) is 38.0 Å². The van der Waals surface area contributed by atoms with Crippen LogP contribution in [0, 0.1) is 0 Å². The normalized spacial score (nSPS) is 14.5. The van der Waals surface area contributed by atoms with Crippen LogP contribution in [0.2, 0.25) is 0 Å². The van der Waals surface area contributed by atoms with E-state index in [-0.39, 0.29) is 5.54 Å². The van der Waals surface area contributed by atoms with E-state index in [9.17, 15) is 0 Å². The number of benzene rings is 2. The summed E-state index contributed by atoms with van der Waals surface area (Å²) in [5.74, 6) is 2.59. The van der Waals surface area contributed by atoms with E-state index in [0.29, 0.717) is 17.5 Å². The SMILES string of the molecule is CC1(C)Cc2ccccc2-c2nnc(SCc3nnc(-c4ccccc4)o3)n21. The fourth-order valence-corrected chi connectivity index (χ4v) is 4.59.